The molecular weight excluding hydrogens is 268 g/mol. The number of hydrogen-bond donors (Lipinski definition) is 0. The molecule has 1 aromatic carbocycles. The molecule has 1 atom stereocenters. The van der Waals surface area contributed by atoms with E-state index in [1.165, 1.54) is 17.3 Å². The van der Waals surface area contributed by atoms with Gasteiger partial charge < -0.3 is 0 Å². The van der Waals surface area contributed by atoms with E-state index >= 15 is 0 Å². The van der Waals surface area contributed by atoms with Crippen molar-refractivity contribution in [1.29, 1.82) is 0 Å². The molecule has 1 unspecified atom stereocenters. The van der Waals surface area contributed by atoms with Gasteiger partial charge in [0.15, 0.2) is 9.03 Å². The van der Waals surface area contributed by atoms with Crippen LogP contribution in [0.1, 0.15) is 5.56 Å². The Morgan fingerprint density at radius 2 is 2.13 bits per heavy atom. The molecule has 1 aliphatic rings. The summed E-state index contributed by atoms with van der Waals surface area (Å²) in [5, 5.41) is 8.62. The first-order valence-electron chi connectivity index (χ1n) is 4.21. The molecule has 1 aliphatic heterocycles. The lowest BCUT2D eigenvalue weighted by molar-refractivity contribution is 1.15. The second-order valence-corrected chi connectivity index (χ2v) is 6.36. The van der Waals surface area contributed by atoms with Gasteiger partial charge >= 0.3 is 0 Å². The highest BCUT2D eigenvalue weighted by Crippen LogP contribution is 2.34. The fourth-order valence-electron chi connectivity index (χ4n) is 1.04. The predicted molar refractivity (Wildman–Crippen MR) is 71.6 cm³/mol. The van der Waals surface area contributed by atoms with E-state index in [9.17, 15) is 0 Å². The van der Waals surface area contributed by atoms with Crippen molar-refractivity contribution in [3.63, 3.8) is 0 Å². The first-order valence-corrected chi connectivity index (χ1v) is 6.93. The van der Waals surface area contributed by atoms with E-state index in [1.54, 1.807) is 11.8 Å². The van der Waals surface area contributed by atoms with Crippen LogP contribution in [-0.2, 0) is 5.75 Å². The standard InChI is InChI=1S/C9H7ClN2S3/c10-7-3-1-6(2-4-7)5-14-9-12-11-8(13)15-9/h1-4,9H,5H2. The number of hydrogen-bond acceptors (Lipinski definition) is 4. The van der Waals surface area contributed by atoms with Gasteiger partial charge in [0.05, 0.1) is 0 Å². The SMILES string of the molecule is S=C1N=NC(SCc2ccc(Cl)cc2)S1. The fourth-order valence-corrected chi connectivity index (χ4v) is 3.42. The Balaban J connectivity index is 1.86. The predicted octanol–water partition coefficient (Wildman–Crippen LogP) is 4.34. The minimum Gasteiger partial charge on any atom is -0.161 e. The van der Waals surface area contributed by atoms with Gasteiger partial charge in [-0.2, -0.15) is 5.11 Å². The second-order valence-electron chi connectivity index (χ2n) is 2.84. The van der Waals surface area contributed by atoms with Crippen molar-refractivity contribution in [1.82, 2.24) is 0 Å². The number of thioether (sulfide) groups is 2. The van der Waals surface area contributed by atoms with E-state index in [1.807, 2.05) is 24.3 Å². The molecular formula is C9H7ClN2S3. The van der Waals surface area contributed by atoms with E-state index in [0.717, 1.165) is 10.8 Å². The van der Waals surface area contributed by atoms with Crippen LogP contribution in [-0.4, -0.2) is 9.03 Å². The zero-order valence-corrected chi connectivity index (χ0v) is 10.8. The van der Waals surface area contributed by atoms with Crippen LogP contribution in [0, 0.1) is 0 Å². The smallest absolute Gasteiger partial charge is 0.161 e. The number of thiocarbonyl (C=S) groups is 1. The van der Waals surface area contributed by atoms with Gasteiger partial charge in [0, 0.05) is 10.8 Å². The van der Waals surface area contributed by atoms with Gasteiger partial charge in [0.25, 0.3) is 0 Å². The molecule has 0 radical (unpaired) electrons. The summed E-state index contributed by atoms with van der Waals surface area (Å²) in [7, 11) is 0. The van der Waals surface area contributed by atoms with Crippen molar-refractivity contribution in [2.75, 3.05) is 0 Å². The van der Waals surface area contributed by atoms with Crippen molar-refractivity contribution >= 4 is 51.7 Å². The van der Waals surface area contributed by atoms with Crippen LogP contribution >= 0.6 is 47.3 Å². The highest BCUT2D eigenvalue weighted by molar-refractivity contribution is 8.30. The molecule has 1 heterocycles. The number of nitrogens with zero attached hydrogens (tertiary/aromatic N) is 2. The molecule has 15 heavy (non-hydrogen) atoms. The zero-order chi connectivity index (χ0) is 10.7. The summed E-state index contributed by atoms with van der Waals surface area (Å²) < 4.78 is 0.747. The molecule has 0 saturated carbocycles. The highest BCUT2D eigenvalue weighted by Gasteiger charge is 2.17. The summed E-state index contributed by atoms with van der Waals surface area (Å²) in [6.45, 7) is 0. The maximum Gasteiger partial charge on any atom is 0.184 e. The van der Waals surface area contributed by atoms with Crippen LogP contribution in [0.25, 0.3) is 0 Å². The Morgan fingerprint density at radius 3 is 2.73 bits per heavy atom. The van der Waals surface area contributed by atoms with E-state index in [2.05, 4.69) is 10.2 Å². The summed E-state index contributed by atoms with van der Waals surface area (Å²) in [5.74, 6) is 0.899. The first kappa shape index (κ1) is 11.4. The van der Waals surface area contributed by atoms with Gasteiger partial charge in [-0.05, 0) is 29.9 Å². The van der Waals surface area contributed by atoms with E-state index < -0.39 is 0 Å². The van der Waals surface area contributed by atoms with Crippen molar-refractivity contribution < 1.29 is 0 Å². The Kier molecular flexibility index (Phi) is 4.02. The molecule has 78 valence electrons. The molecule has 6 heteroatoms. The molecule has 0 fully saturated rings. The van der Waals surface area contributed by atoms with Crippen LogP contribution in [0.15, 0.2) is 34.5 Å². The lowest BCUT2D eigenvalue weighted by Gasteiger charge is -2.03. The molecule has 2 nitrogen and oxygen atoms in total. The fraction of sp³-hybridized carbons (Fsp3) is 0.222. The molecule has 0 amide bonds. The summed E-state index contributed by atoms with van der Waals surface area (Å²) in [4.78, 5) is 0. The second kappa shape index (κ2) is 5.30. The molecule has 1 aromatic rings. The molecule has 0 bridgehead atoms. The third-order valence-electron chi connectivity index (χ3n) is 1.74. The Labute approximate surface area is 107 Å². The zero-order valence-electron chi connectivity index (χ0n) is 7.59. The Hall–Kier alpha value is -0.100. The average molecular weight is 275 g/mol. The van der Waals surface area contributed by atoms with E-state index in [0.29, 0.717) is 4.32 Å². The maximum absolute atomic E-state index is 5.80. The molecule has 0 saturated heterocycles. The quantitative estimate of drug-likeness (QED) is 0.767. The summed E-state index contributed by atoms with van der Waals surface area (Å²) in [6, 6.07) is 7.83. The third kappa shape index (κ3) is 3.45. The lowest BCUT2D eigenvalue weighted by Crippen LogP contribution is -1.89. The van der Waals surface area contributed by atoms with E-state index in [4.69, 9.17) is 23.8 Å². The van der Waals surface area contributed by atoms with Gasteiger partial charge in [-0.1, -0.05) is 35.5 Å². The van der Waals surface area contributed by atoms with Crippen molar-refractivity contribution in [2.24, 2.45) is 10.2 Å². The van der Waals surface area contributed by atoms with Crippen molar-refractivity contribution in [3.8, 4) is 0 Å². The minimum absolute atomic E-state index is 0.119. The first-order chi connectivity index (χ1) is 7.24. The number of rotatable bonds is 3. The Morgan fingerprint density at radius 1 is 1.40 bits per heavy atom. The van der Waals surface area contributed by atoms with Gasteiger partial charge in [0.1, 0.15) is 0 Å². The van der Waals surface area contributed by atoms with Crippen molar-refractivity contribution in [2.45, 2.75) is 10.5 Å². The average Bonchev–Trinajstić information content (AvgIpc) is 2.64. The minimum atomic E-state index is 0.119. The summed E-state index contributed by atoms with van der Waals surface area (Å²) in [6.07, 6.45) is 0. The van der Waals surface area contributed by atoms with E-state index in [-0.39, 0.29) is 4.71 Å². The molecule has 2 rings (SSSR count). The topological polar surface area (TPSA) is 24.7 Å². The third-order valence-corrected chi connectivity index (χ3v) is 4.52. The normalized spacial score (nSPS) is 19.8. The molecule has 0 aromatic heterocycles. The van der Waals surface area contributed by atoms with Crippen molar-refractivity contribution in [3.05, 3.63) is 34.9 Å². The largest absolute Gasteiger partial charge is 0.184 e. The summed E-state index contributed by atoms with van der Waals surface area (Å²) >= 11 is 14.0. The molecule has 0 aliphatic carbocycles. The monoisotopic (exact) mass is 274 g/mol. The van der Waals surface area contributed by atoms with Crippen LogP contribution in [0.5, 0.6) is 0 Å². The number of azo groups is 1. The van der Waals surface area contributed by atoms with Crippen LogP contribution in [0.2, 0.25) is 5.02 Å². The number of benzene rings is 1. The van der Waals surface area contributed by atoms with Gasteiger partial charge in [-0.25, -0.2) is 0 Å². The number of halogens is 1. The van der Waals surface area contributed by atoms with Gasteiger partial charge in [0.2, 0.25) is 0 Å². The van der Waals surface area contributed by atoms with Crippen LogP contribution in [0.4, 0.5) is 0 Å². The highest BCUT2D eigenvalue weighted by atomic mass is 35.5. The maximum atomic E-state index is 5.80. The molecule has 0 spiro atoms. The van der Waals surface area contributed by atoms with Gasteiger partial charge in [-0.15, -0.1) is 16.9 Å². The Bertz CT molecular complexity index is 391. The van der Waals surface area contributed by atoms with Crippen LogP contribution < -0.4 is 0 Å². The molecule has 0 N–H and O–H groups in total. The van der Waals surface area contributed by atoms with Gasteiger partial charge in [-0.3, -0.25) is 0 Å². The summed E-state index contributed by atoms with van der Waals surface area (Å²) in [5.41, 5.74) is 1.23. The van der Waals surface area contributed by atoms with Crippen LogP contribution in [0.3, 0.4) is 0 Å². The lowest BCUT2D eigenvalue weighted by atomic mass is 10.2.